The van der Waals surface area contributed by atoms with Crippen molar-refractivity contribution in [2.24, 2.45) is 0 Å². The van der Waals surface area contributed by atoms with Crippen molar-refractivity contribution in [3.8, 4) is 11.5 Å². The molecule has 0 unspecified atom stereocenters. The number of thiophene rings is 1. The van der Waals surface area contributed by atoms with Gasteiger partial charge < -0.3 is 19.7 Å². The smallest absolute Gasteiger partial charge is 0.226 e. The number of ether oxygens (including phenoxy) is 2. The molecular formula is C24H24N2O4S. The third kappa shape index (κ3) is 5.44. The van der Waals surface area contributed by atoms with Crippen molar-refractivity contribution in [3.05, 3.63) is 70.4 Å². The van der Waals surface area contributed by atoms with Crippen molar-refractivity contribution in [2.45, 2.75) is 19.9 Å². The number of carbonyl (C=O) groups is 2. The lowest BCUT2D eigenvalue weighted by Crippen LogP contribution is -2.27. The number of benzene rings is 2. The molecule has 31 heavy (non-hydrogen) atoms. The lowest BCUT2D eigenvalue weighted by atomic mass is 10.1. The maximum atomic E-state index is 12.6. The molecule has 3 aromatic rings. The predicted molar refractivity (Wildman–Crippen MR) is 122 cm³/mol. The maximum absolute atomic E-state index is 12.6. The highest BCUT2D eigenvalue weighted by molar-refractivity contribution is 7.09. The van der Waals surface area contributed by atoms with Gasteiger partial charge in [-0.1, -0.05) is 6.07 Å². The van der Waals surface area contributed by atoms with Gasteiger partial charge in [0.15, 0.2) is 17.3 Å². The lowest BCUT2D eigenvalue weighted by molar-refractivity contribution is -0.116. The number of amides is 1. The first-order valence-corrected chi connectivity index (χ1v) is 11.0. The van der Waals surface area contributed by atoms with Gasteiger partial charge in [-0.25, -0.2) is 0 Å². The Bertz CT molecular complexity index is 1050. The summed E-state index contributed by atoms with van der Waals surface area (Å²) in [4.78, 5) is 27.3. The van der Waals surface area contributed by atoms with Gasteiger partial charge in [-0.15, -0.1) is 11.3 Å². The minimum absolute atomic E-state index is 0.00141. The van der Waals surface area contributed by atoms with E-state index in [-0.39, 0.29) is 11.7 Å². The Labute approximate surface area is 185 Å². The van der Waals surface area contributed by atoms with Crippen LogP contribution in [-0.2, 0) is 11.3 Å². The van der Waals surface area contributed by atoms with Crippen molar-refractivity contribution in [1.29, 1.82) is 0 Å². The molecule has 6 nitrogen and oxygen atoms in total. The third-order valence-corrected chi connectivity index (χ3v) is 5.86. The second-order valence-electron chi connectivity index (χ2n) is 7.26. The Morgan fingerprint density at radius 2 is 1.81 bits per heavy atom. The number of nitrogens with one attached hydrogen (secondary N) is 1. The summed E-state index contributed by atoms with van der Waals surface area (Å²) in [7, 11) is 0. The Kier molecular flexibility index (Phi) is 6.52. The summed E-state index contributed by atoms with van der Waals surface area (Å²) >= 11 is 1.69. The average Bonchev–Trinajstić information content (AvgIpc) is 3.30. The van der Waals surface area contributed by atoms with Gasteiger partial charge in [0.1, 0.15) is 13.2 Å². The van der Waals surface area contributed by atoms with E-state index < -0.39 is 0 Å². The molecule has 1 aliphatic heterocycles. The summed E-state index contributed by atoms with van der Waals surface area (Å²) in [5, 5.41) is 4.96. The van der Waals surface area contributed by atoms with Crippen LogP contribution >= 0.6 is 11.3 Å². The highest BCUT2D eigenvalue weighted by Crippen LogP contribution is 2.34. The molecule has 0 aliphatic carbocycles. The summed E-state index contributed by atoms with van der Waals surface area (Å²) < 4.78 is 11.4. The second-order valence-corrected chi connectivity index (χ2v) is 8.29. The minimum atomic E-state index is -0.0794. The molecule has 4 rings (SSSR count). The van der Waals surface area contributed by atoms with Crippen LogP contribution in [0.25, 0.3) is 0 Å². The molecule has 0 saturated heterocycles. The second kappa shape index (κ2) is 9.66. The van der Waals surface area contributed by atoms with Gasteiger partial charge in [-0.05, 0) is 54.8 Å². The van der Waals surface area contributed by atoms with E-state index in [0.29, 0.717) is 44.0 Å². The van der Waals surface area contributed by atoms with Gasteiger partial charge in [0, 0.05) is 40.8 Å². The zero-order valence-corrected chi connectivity index (χ0v) is 18.1. The normalized spacial score (nSPS) is 12.3. The highest BCUT2D eigenvalue weighted by Gasteiger charge is 2.16. The van der Waals surface area contributed by atoms with Crippen LogP contribution < -0.4 is 19.7 Å². The number of nitrogens with zero attached hydrogens (tertiary/aromatic N) is 1. The van der Waals surface area contributed by atoms with Crippen LogP contribution in [0.5, 0.6) is 11.5 Å². The zero-order valence-electron chi connectivity index (χ0n) is 17.3. The number of hydrogen-bond donors (Lipinski definition) is 1. The summed E-state index contributed by atoms with van der Waals surface area (Å²) in [6, 6.07) is 16.9. The number of ketones is 1. The average molecular weight is 437 g/mol. The van der Waals surface area contributed by atoms with Gasteiger partial charge >= 0.3 is 0 Å². The monoisotopic (exact) mass is 436 g/mol. The van der Waals surface area contributed by atoms with Gasteiger partial charge in [-0.3, -0.25) is 9.59 Å². The van der Waals surface area contributed by atoms with Gasteiger partial charge in [0.05, 0.1) is 6.54 Å². The van der Waals surface area contributed by atoms with Gasteiger partial charge in [0.25, 0.3) is 0 Å². The fourth-order valence-electron chi connectivity index (χ4n) is 3.37. The van der Waals surface area contributed by atoms with Crippen LogP contribution in [0.2, 0.25) is 0 Å². The van der Waals surface area contributed by atoms with Crippen molar-refractivity contribution in [2.75, 3.05) is 30.0 Å². The Balaban J connectivity index is 1.43. The molecule has 0 fully saturated rings. The molecule has 1 aliphatic rings. The molecule has 2 aromatic carbocycles. The molecule has 1 N–H and O–H groups in total. The predicted octanol–water partition coefficient (Wildman–Crippen LogP) is 4.76. The van der Waals surface area contributed by atoms with E-state index in [1.165, 1.54) is 11.8 Å². The molecule has 0 atom stereocenters. The minimum Gasteiger partial charge on any atom is -0.486 e. The van der Waals surface area contributed by atoms with Crippen molar-refractivity contribution in [1.82, 2.24) is 0 Å². The number of carbonyl (C=O) groups excluding carboxylic acids is 2. The van der Waals surface area contributed by atoms with Crippen LogP contribution in [0.3, 0.4) is 0 Å². The number of rotatable bonds is 8. The molecule has 7 heteroatoms. The Hall–Kier alpha value is -3.32. The first kappa shape index (κ1) is 20.9. The van der Waals surface area contributed by atoms with E-state index in [1.54, 1.807) is 35.6 Å². The van der Waals surface area contributed by atoms with Crippen LogP contribution in [0.1, 0.15) is 28.6 Å². The molecule has 2 heterocycles. The van der Waals surface area contributed by atoms with E-state index in [9.17, 15) is 9.59 Å². The third-order valence-electron chi connectivity index (χ3n) is 5.00. The molecule has 0 saturated carbocycles. The Morgan fingerprint density at radius 3 is 2.52 bits per heavy atom. The fraction of sp³-hybridized carbons (Fsp3) is 0.250. The number of Topliss-reactive ketones (excluding diaryl/α,β-unsaturated/α-hetero) is 1. The van der Waals surface area contributed by atoms with Crippen molar-refractivity contribution in [3.63, 3.8) is 0 Å². The molecule has 0 bridgehead atoms. The standard InChI is InChI=1S/C24H24N2O4S/c1-17(27)18-4-6-19(7-5-18)25-24(28)10-11-26(16-21-3-2-14-31-21)20-8-9-22-23(15-20)30-13-12-29-22/h2-9,14-15H,10-13,16H2,1H3,(H,25,28). The molecule has 1 amide bonds. The lowest BCUT2D eigenvalue weighted by Gasteiger charge is -2.26. The molecule has 0 radical (unpaired) electrons. The van der Waals surface area contributed by atoms with Gasteiger partial charge in [-0.2, -0.15) is 0 Å². The molecule has 1 aromatic heterocycles. The molecule has 160 valence electrons. The first-order chi connectivity index (χ1) is 15.1. The number of hydrogen-bond acceptors (Lipinski definition) is 6. The van der Waals surface area contributed by atoms with Crippen molar-refractivity contribution < 1.29 is 19.1 Å². The Morgan fingerprint density at radius 1 is 1.03 bits per heavy atom. The molecule has 0 spiro atoms. The first-order valence-electron chi connectivity index (χ1n) is 10.2. The SMILES string of the molecule is CC(=O)c1ccc(NC(=O)CCN(Cc2cccs2)c2ccc3c(c2)OCCO3)cc1. The highest BCUT2D eigenvalue weighted by atomic mass is 32.1. The van der Waals surface area contributed by atoms with Crippen LogP contribution in [0, 0.1) is 0 Å². The maximum Gasteiger partial charge on any atom is 0.226 e. The fourth-order valence-corrected chi connectivity index (χ4v) is 4.09. The zero-order chi connectivity index (χ0) is 21.6. The van der Waals surface area contributed by atoms with E-state index in [0.717, 1.165) is 17.2 Å². The quantitative estimate of drug-likeness (QED) is 0.516. The van der Waals surface area contributed by atoms with Crippen LogP contribution in [0.4, 0.5) is 11.4 Å². The van der Waals surface area contributed by atoms with Crippen molar-refractivity contribution >= 4 is 34.4 Å². The topological polar surface area (TPSA) is 67.9 Å². The molecular weight excluding hydrogens is 412 g/mol. The summed E-state index contributed by atoms with van der Waals surface area (Å²) in [6.45, 7) is 3.87. The summed E-state index contributed by atoms with van der Waals surface area (Å²) in [5.41, 5.74) is 2.29. The van der Waals surface area contributed by atoms with Crippen LogP contribution in [0.15, 0.2) is 60.0 Å². The summed E-state index contributed by atoms with van der Waals surface area (Å²) in [5.74, 6) is 1.40. The largest absolute Gasteiger partial charge is 0.486 e. The number of anilines is 2. The van der Waals surface area contributed by atoms with Gasteiger partial charge in [0.2, 0.25) is 5.91 Å². The van der Waals surface area contributed by atoms with Crippen LogP contribution in [-0.4, -0.2) is 31.4 Å². The number of fused-ring (bicyclic) bond motifs is 1. The van der Waals surface area contributed by atoms with E-state index in [4.69, 9.17) is 9.47 Å². The van der Waals surface area contributed by atoms with E-state index >= 15 is 0 Å². The van der Waals surface area contributed by atoms with E-state index in [1.807, 2.05) is 24.3 Å². The summed E-state index contributed by atoms with van der Waals surface area (Å²) in [6.07, 6.45) is 0.328. The van der Waals surface area contributed by atoms with E-state index in [2.05, 4.69) is 21.7 Å².